The monoisotopic (exact) mass is 458 g/mol. The van der Waals surface area contributed by atoms with E-state index >= 15 is 0 Å². The Balaban J connectivity index is 2.30. The number of fused-ring (bicyclic) bond motifs is 5. The number of hydrogen-bond acceptors (Lipinski definition) is 2. The molecule has 0 atom stereocenters. The fourth-order valence-corrected chi connectivity index (χ4v) is 5.70. The summed E-state index contributed by atoms with van der Waals surface area (Å²) in [6.45, 7) is 21.4. The maximum Gasteiger partial charge on any atom is 0.133 e. The summed E-state index contributed by atoms with van der Waals surface area (Å²) in [5.41, 5.74) is 3.16. The van der Waals surface area contributed by atoms with Crippen LogP contribution in [0.3, 0.4) is 0 Å². The van der Waals surface area contributed by atoms with Crippen LogP contribution in [0.25, 0.3) is 51.2 Å². The van der Waals surface area contributed by atoms with Gasteiger partial charge >= 0.3 is 0 Å². The first kappa shape index (κ1) is 23.2. The van der Waals surface area contributed by atoms with Crippen molar-refractivity contribution in [1.82, 2.24) is 9.88 Å². The Kier molecular flexibility index (Phi) is 5.92. The minimum atomic E-state index is -0.304. The SMILES string of the molecule is C=C(NC)c1c(F)ccc2c1c(=C)c(C)c1c2ccc2c(=S)n(C(CC)CC)c(=C)c(C)c21. The van der Waals surface area contributed by atoms with Gasteiger partial charge in [-0.05, 0) is 70.6 Å². The van der Waals surface area contributed by atoms with Gasteiger partial charge in [0.05, 0.1) is 0 Å². The fourth-order valence-electron chi connectivity index (χ4n) is 5.28. The number of aryl methyl sites for hydroxylation is 2. The maximum atomic E-state index is 14.9. The first-order valence-electron chi connectivity index (χ1n) is 11.5. The summed E-state index contributed by atoms with van der Waals surface area (Å²) in [6, 6.07) is 7.92. The number of nitrogens with zero attached hydrogens (tertiary/aromatic N) is 1. The highest BCUT2D eigenvalue weighted by molar-refractivity contribution is 7.71. The third-order valence-corrected chi connectivity index (χ3v) is 7.66. The highest BCUT2D eigenvalue weighted by atomic mass is 32.1. The number of halogens is 1. The van der Waals surface area contributed by atoms with Crippen molar-refractivity contribution < 1.29 is 4.39 Å². The van der Waals surface area contributed by atoms with E-state index < -0.39 is 0 Å². The molecule has 0 bridgehead atoms. The number of rotatable bonds is 5. The van der Waals surface area contributed by atoms with Gasteiger partial charge in [0.2, 0.25) is 0 Å². The van der Waals surface area contributed by atoms with E-state index in [1.807, 2.05) is 6.07 Å². The second-order valence-corrected chi connectivity index (χ2v) is 9.19. The zero-order valence-corrected chi connectivity index (χ0v) is 21.0. The quantitative estimate of drug-likeness (QED) is 0.261. The molecule has 0 amide bonds. The van der Waals surface area contributed by atoms with Crippen LogP contribution in [0.2, 0.25) is 0 Å². The van der Waals surface area contributed by atoms with Crippen molar-refractivity contribution in [2.75, 3.05) is 7.05 Å². The molecule has 1 heterocycles. The van der Waals surface area contributed by atoms with Crippen LogP contribution < -0.4 is 15.9 Å². The van der Waals surface area contributed by atoms with Gasteiger partial charge in [-0.25, -0.2) is 4.39 Å². The lowest BCUT2D eigenvalue weighted by Crippen LogP contribution is -2.27. The highest BCUT2D eigenvalue weighted by Crippen LogP contribution is 2.36. The molecular formula is C29H31FN2S. The summed E-state index contributed by atoms with van der Waals surface area (Å²) in [6.07, 6.45) is 2.00. The Morgan fingerprint density at radius 1 is 0.970 bits per heavy atom. The van der Waals surface area contributed by atoms with E-state index in [-0.39, 0.29) is 5.82 Å². The molecular weight excluding hydrogens is 427 g/mol. The van der Waals surface area contributed by atoms with Crippen LogP contribution in [0.5, 0.6) is 0 Å². The molecule has 1 N–H and O–H groups in total. The van der Waals surface area contributed by atoms with Crippen molar-refractivity contribution >= 4 is 63.4 Å². The third-order valence-electron chi connectivity index (χ3n) is 7.24. The number of aromatic nitrogens is 1. The molecule has 4 rings (SSSR count). The molecule has 0 unspecified atom stereocenters. The Morgan fingerprint density at radius 3 is 2.12 bits per heavy atom. The summed E-state index contributed by atoms with van der Waals surface area (Å²) < 4.78 is 18.0. The van der Waals surface area contributed by atoms with Gasteiger partial charge in [-0.2, -0.15) is 0 Å². The van der Waals surface area contributed by atoms with Gasteiger partial charge in [0.25, 0.3) is 0 Å². The normalized spacial score (nSPS) is 11.7. The van der Waals surface area contributed by atoms with Gasteiger partial charge in [0.15, 0.2) is 0 Å². The lowest BCUT2D eigenvalue weighted by atomic mass is 9.88. The van der Waals surface area contributed by atoms with Crippen molar-refractivity contribution in [2.24, 2.45) is 0 Å². The van der Waals surface area contributed by atoms with Gasteiger partial charge in [0.1, 0.15) is 10.5 Å². The Morgan fingerprint density at radius 2 is 1.52 bits per heavy atom. The molecule has 0 aliphatic rings. The molecule has 1 aromatic heterocycles. The molecule has 4 heteroatoms. The molecule has 0 fully saturated rings. The Bertz CT molecular complexity index is 1620. The number of benzene rings is 3. The van der Waals surface area contributed by atoms with Crippen LogP contribution in [0.1, 0.15) is 49.4 Å². The summed E-state index contributed by atoms with van der Waals surface area (Å²) >= 11 is 6.01. The Labute approximate surface area is 199 Å². The molecule has 0 saturated carbocycles. The van der Waals surface area contributed by atoms with Crippen molar-refractivity contribution in [1.29, 1.82) is 0 Å². The van der Waals surface area contributed by atoms with Crippen LogP contribution in [0.4, 0.5) is 4.39 Å². The van der Waals surface area contributed by atoms with Crippen molar-refractivity contribution in [3.63, 3.8) is 0 Å². The van der Waals surface area contributed by atoms with E-state index in [0.717, 1.165) is 71.5 Å². The average Bonchev–Trinajstić information content (AvgIpc) is 2.82. The van der Waals surface area contributed by atoms with Crippen LogP contribution in [0, 0.1) is 24.3 Å². The second-order valence-electron chi connectivity index (χ2n) is 8.80. The zero-order chi connectivity index (χ0) is 24.2. The third kappa shape index (κ3) is 3.23. The largest absolute Gasteiger partial charge is 0.388 e. The summed E-state index contributed by atoms with van der Waals surface area (Å²) in [7, 11) is 1.75. The Hall–Kier alpha value is -2.98. The van der Waals surface area contributed by atoms with E-state index in [1.54, 1.807) is 7.05 Å². The first-order chi connectivity index (χ1) is 15.7. The molecule has 0 aliphatic carbocycles. The van der Waals surface area contributed by atoms with E-state index in [2.05, 4.69) is 69.4 Å². The molecule has 0 aliphatic heterocycles. The van der Waals surface area contributed by atoms with Crippen LogP contribution in [-0.4, -0.2) is 11.6 Å². The predicted molar refractivity (Wildman–Crippen MR) is 145 cm³/mol. The van der Waals surface area contributed by atoms with Crippen LogP contribution in [-0.2, 0) is 0 Å². The van der Waals surface area contributed by atoms with E-state index in [9.17, 15) is 4.39 Å². The molecule has 2 nitrogen and oxygen atoms in total. The fraction of sp³-hybridized carbons (Fsp3) is 0.276. The number of hydrogen-bond donors (Lipinski definition) is 1. The summed E-state index contributed by atoms with van der Waals surface area (Å²) in [5.74, 6) is -0.304. The molecule has 4 aromatic rings. The van der Waals surface area contributed by atoms with Crippen molar-refractivity contribution in [2.45, 2.75) is 46.6 Å². The lowest BCUT2D eigenvalue weighted by Gasteiger charge is -2.23. The second kappa shape index (κ2) is 8.42. The first-order valence-corrected chi connectivity index (χ1v) is 11.9. The van der Waals surface area contributed by atoms with Gasteiger partial charge in [-0.3, -0.25) is 0 Å². The number of nitrogens with one attached hydrogen (secondary N) is 1. The molecule has 170 valence electrons. The van der Waals surface area contributed by atoms with E-state index in [0.29, 0.717) is 17.3 Å². The van der Waals surface area contributed by atoms with Gasteiger partial charge in [-0.1, -0.05) is 64.0 Å². The van der Waals surface area contributed by atoms with Gasteiger partial charge < -0.3 is 9.88 Å². The molecule has 3 aromatic carbocycles. The molecule has 0 radical (unpaired) electrons. The summed E-state index contributed by atoms with van der Waals surface area (Å²) in [4.78, 5) is 0. The standard InChI is InChI=1S/C29H31FN2S/c1-9-20(10-2)32-19(7)17(5)27-23(29(32)33)12-11-21-22-13-14-24(30)28(18(6)31-8)26(22)16(4)15(3)25(21)27/h11-14,20,31H,4,6-7,9-10H2,1-3,5,8H3. The minimum Gasteiger partial charge on any atom is -0.388 e. The van der Waals surface area contributed by atoms with Crippen LogP contribution >= 0.6 is 12.2 Å². The molecule has 0 saturated heterocycles. The van der Waals surface area contributed by atoms with Crippen LogP contribution in [0.15, 0.2) is 30.8 Å². The maximum absolute atomic E-state index is 14.9. The summed E-state index contributed by atoms with van der Waals surface area (Å²) in [5, 5.41) is 10.9. The van der Waals surface area contributed by atoms with Gasteiger partial charge in [-0.15, -0.1) is 0 Å². The topological polar surface area (TPSA) is 17.0 Å². The smallest absolute Gasteiger partial charge is 0.133 e. The lowest BCUT2D eigenvalue weighted by molar-refractivity contribution is 0.457. The van der Waals surface area contributed by atoms with Crippen molar-refractivity contribution in [3.8, 4) is 0 Å². The minimum absolute atomic E-state index is 0.304. The predicted octanol–water partition coefficient (Wildman–Crippen LogP) is 6.80. The van der Waals surface area contributed by atoms with Gasteiger partial charge in [0, 0.05) is 40.5 Å². The molecule has 0 spiro atoms. The van der Waals surface area contributed by atoms with E-state index in [1.165, 1.54) is 6.07 Å². The number of pyridine rings is 1. The average molecular weight is 459 g/mol. The molecule has 33 heavy (non-hydrogen) atoms. The van der Waals surface area contributed by atoms with Crippen molar-refractivity contribution in [3.05, 3.63) is 68.6 Å². The van der Waals surface area contributed by atoms with E-state index in [4.69, 9.17) is 12.2 Å². The zero-order valence-electron chi connectivity index (χ0n) is 20.2. The highest BCUT2D eigenvalue weighted by Gasteiger charge is 2.19.